The van der Waals surface area contributed by atoms with E-state index in [1.54, 1.807) is 35.4 Å². The molecule has 0 aromatic heterocycles. The summed E-state index contributed by atoms with van der Waals surface area (Å²) < 4.78 is 16.4. The molecule has 8 nitrogen and oxygen atoms in total. The second kappa shape index (κ2) is 11.4. The minimum absolute atomic E-state index is 0.119. The van der Waals surface area contributed by atoms with E-state index in [2.05, 4.69) is 20.5 Å². The first kappa shape index (κ1) is 22.6. The Hall–Kier alpha value is -2.64. The number of likely N-dealkylation sites (tertiary alicyclic amines) is 1. The first-order valence-corrected chi connectivity index (χ1v) is 10.0. The summed E-state index contributed by atoms with van der Waals surface area (Å²) in [6.07, 6.45) is 3.32. The molecule has 0 atom stereocenters. The lowest BCUT2D eigenvalue weighted by molar-refractivity contribution is -0.121. The van der Waals surface area contributed by atoms with Crippen LogP contribution in [0.15, 0.2) is 17.1 Å². The second-order valence-electron chi connectivity index (χ2n) is 7.04. The number of nitrogens with one attached hydrogen (secondary N) is 2. The fourth-order valence-corrected chi connectivity index (χ4v) is 3.67. The molecule has 1 saturated heterocycles. The molecule has 1 heterocycles. The number of hydrogen-bond donors (Lipinski definition) is 2. The van der Waals surface area contributed by atoms with E-state index in [1.165, 1.54) is 0 Å². The third kappa shape index (κ3) is 6.17. The molecular formula is C21H34N4O4. The Balaban J connectivity index is 1.92. The monoisotopic (exact) mass is 406 g/mol. The van der Waals surface area contributed by atoms with Crippen molar-refractivity contribution in [1.82, 2.24) is 15.5 Å². The van der Waals surface area contributed by atoms with Crippen molar-refractivity contribution in [3.63, 3.8) is 0 Å². The minimum atomic E-state index is 0.119. The number of benzene rings is 1. The lowest BCUT2D eigenvalue weighted by Crippen LogP contribution is -2.46. The van der Waals surface area contributed by atoms with Crippen molar-refractivity contribution in [2.75, 3.05) is 55.1 Å². The Morgan fingerprint density at radius 2 is 1.76 bits per heavy atom. The standard InChI is InChI=1S/C21H34N4O4/c1-22-20(26)12-15-7-10-25(11-8-15)21(23-2)24-9-6-17-18(28-4)13-16(27-3)14-19(17)29-5/h13-15H,6-12H2,1-5H3,(H,22,26)(H,23,24). The average molecular weight is 407 g/mol. The molecule has 1 aromatic carbocycles. The number of carbonyl (C=O) groups is 1. The average Bonchev–Trinajstić information content (AvgIpc) is 2.76. The Kier molecular flexibility index (Phi) is 8.89. The zero-order valence-electron chi connectivity index (χ0n) is 18.2. The van der Waals surface area contributed by atoms with Crippen molar-refractivity contribution >= 4 is 11.9 Å². The van der Waals surface area contributed by atoms with Gasteiger partial charge in [0.1, 0.15) is 17.2 Å². The third-order valence-electron chi connectivity index (χ3n) is 5.35. The van der Waals surface area contributed by atoms with E-state index in [0.29, 0.717) is 24.6 Å². The Bertz CT molecular complexity index is 675. The normalized spacial score (nSPS) is 15.1. The highest BCUT2D eigenvalue weighted by atomic mass is 16.5. The summed E-state index contributed by atoms with van der Waals surface area (Å²) in [7, 11) is 8.40. The molecule has 1 amide bonds. The van der Waals surface area contributed by atoms with Gasteiger partial charge in [0, 0.05) is 57.8 Å². The van der Waals surface area contributed by atoms with Crippen molar-refractivity contribution in [2.24, 2.45) is 10.9 Å². The molecule has 8 heteroatoms. The maximum absolute atomic E-state index is 11.6. The van der Waals surface area contributed by atoms with Gasteiger partial charge in [-0.15, -0.1) is 0 Å². The first-order chi connectivity index (χ1) is 14.1. The molecule has 1 aliphatic heterocycles. The van der Waals surface area contributed by atoms with Gasteiger partial charge in [0.25, 0.3) is 0 Å². The highest BCUT2D eigenvalue weighted by Crippen LogP contribution is 2.34. The van der Waals surface area contributed by atoms with Crippen molar-refractivity contribution in [3.05, 3.63) is 17.7 Å². The van der Waals surface area contributed by atoms with E-state index < -0.39 is 0 Å². The summed E-state index contributed by atoms with van der Waals surface area (Å²) in [4.78, 5) is 18.3. The fourth-order valence-electron chi connectivity index (χ4n) is 3.67. The van der Waals surface area contributed by atoms with E-state index in [-0.39, 0.29) is 5.91 Å². The molecule has 2 rings (SSSR count). The predicted molar refractivity (Wildman–Crippen MR) is 114 cm³/mol. The van der Waals surface area contributed by atoms with Crippen LogP contribution < -0.4 is 24.8 Å². The Morgan fingerprint density at radius 3 is 2.24 bits per heavy atom. The maximum Gasteiger partial charge on any atom is 0.220 e. The number of ether oxygens (including phenoxy) is 3. The molecule has 0 saturated carbocycles. The number of amides is 1. The maximum atomic E-state index is 11.6. The van der Waals surface area contributed by atoms with Crippen LogP contribution in [0.5, 0.6) is 17.2 Å². The smallest absolute Gasteiger partial charge is 0.220 e. The van der Waals surface area contributed by atoms with Gasteiger partial charge in [-0.05, 0) is 25.2 Å². The predicted octanol–water partition coefficient (Wildman–Crippen LogP) is 1.68. The zero-order chi connectivity index (χ0) is 21.2. The van der Waals surface area contributed by atoms with E-state index in [9.17, 15) is 4.79 Å². The molecule has 0 bridgehead atoms. The van der Waals surface area contributed by atoms with Crippen LogP contribution in [0.3, 0.4) is 0 Å². The largest absolute Gasteiger partial charge is 0.496 e. The molecule has 162 valence electrons. The van der Waals surface area contributed by atoms with Crippen LogP contribution in [0.1, 0.15) is 24.8 Å². The summed E-state index contributed by atoms with van der Waals surface area (Å²) in [5.74, 6) is 3.63. The van der Waals surface area contributed by atoms with Crippen molar-refractivity contribution in [3.8, 4) is 17.2 Å². The van der Waals surface area contributed by atoms with Gasteiger partial charge in [0.05, 0.1) is 21.3 Å². The van der Waals surface area contributed by atoms with Crippen molar-refractivity contribution in [2.45, 2.75) is 25.7 Å². The molecule has 0 aliphatic carbocycles. The van der Waals surface area contributed by atoms with Crippen LogP contribution in [0.25, 0.3) is 0 Å². The SMILES string of the molecule is CN=C(NCCc1c(OC)cc(OC)cc1OC)N1CCC(CC(=O)NC)CC1. The summed E-state index contributed by atoms with van der Waals surface area (Å²) >= 11 is 0. The highest BCUT2D eigenvalue weighted by molar-refractivity contribution is 5.80. The molecule has 2 N–H and O–H groups in total. The number of piperidine rings is 1. The number of guanidine groups is 1. The van der Waals surface area contributed by atoms with Crippen LogP contribution in [0.2, 0.25) is 0 Å². The molecular weight excluding hydrogens is 372 g/mol. The fraction of sp³-hybridized carbons (Fsp3) is 0.619. The Labute approximate surface area is 173 Å². The van der Waals surface area contributed by atoms with E-state index in [4.69, 9.17) is 14.2 Å². The molecule has 0 spiro atoms. The van der Waals surface area contributed by atoms with Crippen LogP contribution in [-0.2, 0) is 11.2 Å². The first-order valence-electron chi connectivity index (χ1n) is 10.0. The molecule has 1 fully saturated rings. The van der Waals surface area contributed by atoms with Gasteiger partial charge in [-0.2, -0.15) is 0 Å². The van der Waals surface area contributed by atoms with Gasteiger partial charge < -0.3 is 29.7 Å². The van der Waals surface area contributed by atoms with Gasteiger partial charge in [0.15, 0.2) is 5.96 Å². The lowest BCUT2D eigenvalue weighted by Gasteiger charge is -2.34. The van der Waals surface area contributed by atoms with Gasteiger partial charge in [-0.3, -0.25) is 9.79 Å². The molecule has 29 heavy (non-hydrogen) atoms. The van der Waals surface area contributed by atoms with Gasteiger partial charge >= 0.3 is 0 Å². The quantitative estimate of drug-likeness (QED) is 0.505. The van der Waals surface area contributed by atoms with E-state index in [0.717, 1.165) is 55.4 Å². The van der Waals surface area contributed by atoms with E-state index in [1.807, 2.05) is 12.1 Å². The summed E-state index contributed by atoms with van der Waals surface area (Å²) in [6.45, 7) is 2.50. The van der Waals surface area contributed by atoms with Gasteiger partial charge in [-0.25, -0.2) is 0 Å². The highest BCUT2D eigenvalue weighted by Gasteiger charge is 2.23. The summed E-state index contributed by atoms with van der Waals surface area (Å²) in [5.41, 5.74) is 0.989. The van der Waals surface area contributed by atoms with Gasteiger partial charge in [0.2, 0.25) is 5.91 Å². The van der Waals surface area contributed by atoms with Crippen LogP contribution in [0, 0.1) is 5.92 Å². The lowest BCUT2D eigenvalue weighted by atomic mass is 9.93. The number of rotatable bonds is 8. The summed E-state index contributed by atoms with van der Waals surface area (Å²) in [5, 5.41) is 6.15. The molecule has 1 aromatic rings. The van der Waals surface area contributed by atoms with Crippen LogP contribution in [0.4, 0.5) is 0 Å². The van der Waals surface area contributed by atoms with Gasteiger partial charge in [-0.1, -0.05) is 0 Å². The molecule has 0 radical (unpaired) electrons. The van der Waals surface area contributed by atoms with Crippen LogP contribution in [-0.4, -0.2) is 71.8 Å². The van der Waals surface area contributed by atoms with Crippen molar-refractivity contribution < 1.29 is 19.0 Å². The number of aliphatic imine (C=N–C) groups is 1. The Morgan fingerprint density at radius 1 is 1.14 bits per heavy atom. The van der Waals surface area contributed by atoms with Crippen LogP contribution >= 0.6 is 0 Å². The number of nitrogens with zero attached hydrogens (tertiary/aromatic N) is 2. The third-order valence-corrected chi connectivity index (χ3v) is 5.35. The van der Waals surface area contributed by atoms with E-state index >= 15 is 0 Å². The van der Waals surface area contributed by atoms with Crippen molar-refractivity contribution in [1.29, 1.82) is 0 Å². The zero-order valence-corrected chi connectivity index (χ0v) is 18.2. The number of methoxy groups -OCH3 is 3. The topological polar surface area (TPSA) is 84.4 Å². The number of carbonyl (C=O) groups excluding carboxylic acids is 1. The summed E-state index contributed by atoms with van der Waals surface area (Å²) in [6, 6.07) is 3.73. The molecule has 1 aliphatic rings. The minimum Gasteiger partial charge on any atom is -0.496 e. The molecule has 0 unspecified atom stereocenters. The number of hydrogen-bond acceptors (Lipinski definition) is 5. The second-order valence-corrected chi connectivity index (χ2v) is 7.04.